The molecule has 2 fully saturated rings. The number of ether oxygens (including phenoxy) is 1. The van der Waals surface area contributed by atoms with Gasteiger partial charge in [-0.2, -0.15) is 0 Å². The van der Waals surface area contributed by atoms with E-state index in [0.29, 0.717) is 12.0 Å². The second-order valence-corrected chi connectivity index (χ2v) is 5.85. The fourth-order valence-electron chi connectivity index (χ4n) is 3.13. The van der Waals surface area contributed by atoms with Crippen molar-refractivity contribution in [1.29, 1.82) is 0 Å². The molecule has 1 aliphatic heterocycles. The third-order valence-corrected chi connectivity index (χ3v) is 4.52. The van der Waals surface area contributed by atoms with Crippen molar-refractivity contribution in [3.05, 3.63) is 35.6 Å². The number of nitrogens with one attached hydrogen (secondary N) is 1. The van der Waals surface area contributed by atoms with Gasteiger partial charge in [-0.1, -0.05) is 18.2 Å². The Morgan fingerprint density at radius 3 is 2.63 bits per heavy atom. The van der Waals surface area contributed by atoms with E-state index in [-0.39, 0.29) is 5.82 Å². The highest BCUT2D eigenvalue weighted by Crippen LogP contribution is 2.38. The molecule has 104 valence electrons. The Hall–Kier alpha value is -0.930. The highest BCUT2D eigenvalue weighted by atomic mass is 19.1. The monoisotopic (exact) mass is 263 g/mol. The van der Waals surface area contributed by atoms with Crippen LogP contribution in [-0.2, 0) is 4.74 Å². The molecule has 0 spiro atoms. The summed E-state index contributed by atoms with van der Waals surface area (Å²) in [5.74, 6) is 1.13. The molecule has 1 aromatic rings. The van der Waals surface area contributed by atoms with Gasteiger partial charge in [0.15, 0.2) is 0 Å². The summed E-state index contributed by atoms with van der Waals surface area (Å²) < 4.78 is 19.0. The SMILES string of the molecule is Fc1ccccc1C1CC(NCC2CCOCC2)C1. The van der Waals surface area contributed by atoms with Crippen LogP contribution in [0.4, 0.5) is 4.39 Å². The lowest BCUT2D eigenvalue weighted by atomic mass is 9.75. The lowest BCUT2D eigenvalue weighted by molar-refractivity contribution is 0.0640. The minimum atomic E-state index is -0.0459. The van der Waals surface area contributed by atoms with Gasteiger partial charge in [-0.15, -0.1) is 0 Å². The molecular weight excluding hydrogens is 241 g/mol. The zero-order valence-electron chi connectivity index (χ0n) is 11.3. The van der Waals surface area contributed by atoms with Crippen LogP contribution in [0.15, 0.2) is 24.3 Å². The van der Waals surface area contributed by atoms with Crippen molar-refractivity contribution in [2.45, 2.75) is 37.6 Å². The van der Waals surface area contributed by atoms with Gasteiger partial charge in [0, 0.05) is 19.3 Å². The van der Waals surface area contributed by atoms with Crippen molar-refractivity contribution in [3.63, 3.8) is 0 Å². The van der Waals surface area contributed by atoms with Gasteiger partial charge < -0.3 is 10.1 Å². The molecule has 1 heterocycles. The number of hydrogen-bond donors (Lipinski definition) is 1. The largest absolute Gasteiger partial charge is 0.381 e. The Kier molecular flexibility index (Phi) is 4.14. The minimum absolute atomic E-state index is 0.0459. The summed E-state index contributed by atoms with van der Waals surface area (Å²) in [6, 6.07) is 7.76. The fraction of sp³-hybridized carbons (Fsp3) is 0.625. The average Bonchev–Trinajstić information content (AvgIpc) is 2.40. The number of hydrogen-bond acceptors (Lipinski definition) is 2. The molecule has 1 aliphatic carbocycles. The standard InChI is InChI=1S/C16H22FNO/c17-16-4-2-1-3-15(16)13-9-14(10-13)18-11-12-5-7-19-8-6-12/h1-4,12-14,18H,5-11H2. The van der Waals surface area contributed by atoms with Crippen molar-refractivity contribution in [3.8, 4) is 0 Å². The fourth-order valence-corrected chi connectivity index (χ4v) is 3.13. The zero-order valence-corrected chi connectivity index (χ0v) is 11.3. The second kappa shape index (κ2) is 6.02. The Balaban J connectivity index is 1.42. The highest BCUT2D eigenvalue weighted by Gasteiger charge is 2.31. The Morgan fingerprint density at radius 2 is 1.89 bits per heavy atom. The molecule has 19 heavy (non-hydrogen) atoms. The van der Waals surface area contributed by atoms with Crippen molar-refractivity contribution in [2.75, 3.05) is 19.8 Å². The van der Waals surface area contributed by atoms with Crippen LogP contribution >= 0.6 is 0 Å². The van der Waals surface area contributed by atoms with Gasteiger partial charge in [0.05, 0.1) is 0 Å². The van der Waals surface area contributed by atoms with Gasteiger partial charge in [-0.3, -0.25) is 0 Å². The summed E-state index contributed by atoms with van der Waals surface area (Å²) in [6.45, 7) is 2.92. The van der Waals surface area contributed by atoms with Crippen LogP contribution in [0, 0.1) is 11.7 Å². The van der Waals surface area contributed by atoms with Gasteiger partial charge in [0.25, 0.3) is 0 Å². The summed E-state index contributed by atoms with van der Waals surface area (Å²) in [4.78, 5) is 0. The van der Waals surface area contributed by atoms with Gasteiger partial charge in [-0.25, -0.2) is 4.39 Å². The first-order chi connectivity index (χ1) is 9.33. The summed E-state index contributed by atoms with van der Waals surface area (Å²) in [5, 5.41) is 3.63. The van der Waals surface area contributed by atoms with E-state index in [9.17, 15) is 4.39 Å². The van der Waals surface area contributed by atoms with E-state index < -0.39 is 0 Å². The van der Waals surface area contributed by atoms with Crippen LogP contribution in [-0.4, -0.2) is 25.8 Å². The molecule has 1 N–H and O–H groups in total. The van der Waals surface area contributed by atoms with E-state index in [1.165, 1.54) is 12.8 Å². The lowest BCUT2D eigenvalue weighted by Crippen LogP contribution is -2.43. The van der Waals surface area contributed by atoms with Crippen LogP contribution < -0.4 is 5.32 Å². The lowest BCUT2D eigenvalue weighted by Gasteiger charge is -2.37. The van der Waals surface area contributed by atoms with Gasteiger partial charge in [0.1, 0.15) is 5.82 Å². The summed E-state index contributed by atoms with van der Waals surface area (Å²) in [5.41, 5.74) is 0.895. The Morgan fingerprint density at radius 1 is 1.16 bits per heavy atom. The van der Waals surface area contributed by atoms with E-state index in [1.54, 1.807) is 12.1 Å². The molecule has 3 heteroatoms. The van der Waals surface area contributed by atoms with Crippen LogP contribution in [0.5, 0.6) is 0 Å². The Bertz CT molecular complexity index is 411. The number of benzene rings is 1. The molecule has 0 unspecified atom stereocenters. The van der Waals surface area contributed by atoms with E-state index in [4.69, 9.17) is 4.74 Å². The predicted octanol–water partition coefficient (Wildman–Crippen LogP) is 3.09. The third kappa shape index (κ3) is 3.15. The van der Waals surface area contributed by atoms with Crippen molar-refractivity contribution in [2.24, 2.45) is 5.92 Å². The third-order valence-electron chi connectivity index (χ3n) is 4.52. The normalized spacial score (nSPS) is 28.1. The molecule has 2 aliphatic rings. The minimum Gasteiger partial charge on any atom is -0.381 e. The van der Waals surface area contributed by atoms with E-state index in [0.717, 1.165) is 44.1 Å². The van der Waals surface area contributed by atoms with Crippen LogP contribution in [0.3, 0.4) is 0 Å². The molecule has 2 nitrogen and oxygen atoms in total. The van der Waals surface area contributed by atoms with Crippen LogP contribution in [0.25, 0.3) is 0 Å². The first kappa shape index (κ1) is 13.1. The summed E-state index contributed by atoms with van der Waals surface area (Å²) >= 11 is 0. The molecule has 1 saturated carbocycles. The highest BCUT2D eigenvalue weighted by molar-refractivity contribution is 5.24. The molecule has 0 radical (unpaired) electrons. The second-order valence-electron chi connectivity index (χ2n) is 5.85. The molecule has 0 atom stereocenters. The number of rotatable bonds is 4. The Labute approximate surface area is 114 Å². The average molecular weight is 263 g/mol. The summed E-state index contributed by atoms with van der Waals surface area (Å²) in [7, 11) is 0. The van der Waals surface area contributed by atoms with E-state index in [2.05, 4.69) is 5.32 Å². The smallest absolute Gasteiger partial charge is 0.126 e. The molecule has 0 aromatic heterocycles. The quantitative estimate of drug-likeness (QED) is 0.901. The summed E-state index contributed by atoms with van der Waals surface area (Å²) in [6.07, 6.45) is 4.50. The molecule has 3 rings (SSSR count). The van der Waals surface area contributed by atoms with Gasteiger partial charge in [-0.05, 0) is 55.7 Å². The molecular formula is C16H22FNO. The van der Waals surface area contributed by atoms with Gasteiger partial charge in [0.2, 0.25) is 0 Å². The maximum absolute atomic E-state index is 13.6. The molecule has 1 saturated heterocycles. The van der Waals surface area contributed by atoms with Crippen molar-refractivity contribution < 1.29 is 9.13 Å². The van der Waals surface area contributed by atoms with E-state index >= 15 is 0 Å². The maximum atomic E-state index is 13.6. The van der Waals surface area contributed by atoms with Crippen molar-refractivity contribution in [1.82, 2.24) is 5.32 Å². The van der Waals surface area contributed by atoms with Gasteiger partial charge >= 0.3 is 0 Å². The first-order valence-electron chi connectivity index (χ1n) is 7.38. The molecule has 0 amide bonds. The zero-order chi connectivity index (χ0) is 13.1. The van der Waals surface area contributed by atoms with Crippen LogP contribution in [0.2, 0.25) is 0 Å². The van der Waals surface area contributed by atoms with E-state index in [1.807, 2.05) is 12.1 Å². The molecule has 1 aromatic carbocycles. The predicted molar refractivity (Wildman–Crippen MR) is 73.7 cm³/mol. The topological polar surface area (TPSA) is 21.3 Å². The van der Waals surface area contributed by atoms with Crippen molar-refractivity contribution >= 4 is 0 Å². The van der Waals surface area contributed by atoms with Crippen LogP contribution in [0.1, 0.15) is 37.2 Å². The first-order valence-corrected chi connectivity index (χ1v) is 7.38. The molecule has 0 bridgehead atoms. The number of halogens is 1. The maximum Gasteiger partial charge on any atom is 0.126 e.